The summed E-state index contributed by atoms with van der Waals surface area (Å²) in [4.78, 5) is 7.00. The average molecular weight is 464 g/mol. The van der Waals surface area contributed by atoms with Crippen molar-refractivity contribution < 1.29 is 4.39 Å². The molecule has 1 heterocycles. The maximum Gasteiger partial charge on any atom is 0.179 e. The standard InChI is InChI=1S/C25H38FN3S2/c1-3-20-9-4-5-10-21(12-6-11-20)13-8-16-27-25-29(19(2)18-31-25)24(30)28-23-15-7-14-22(26)17-23/h7,14-15,17,19-21H,3-6,8-13,16,18H2,1-2H3,(H,28,30). The minimum Gasteiger partial charge on any atom is -0.332 e. The molecular weight excluding hydrogens is 425 g/mol. The van der Waals surface area contributed by atoms with Crippen LogP contribution in [0.3, 0.4) is 0 Å². The topological polar surface area (TPSA) is 27.6 Å². The van der Waals surface area contributed by atoms with Crippen molar-refractivity contribution in [2.45, 2.75) is 84.1 Å². The zero-order valence-corrected chi connectivity index (χ0v) is 20.7. The van der Waals surface area contributed by atoms with Crippen molar-refractivity contribution in [3.63, 3.8) is 0 Å². The van der Waals surface area contributed by atoms with Gasteiger partial charge in [-0.15, -0.1) is 0 Å². The molecule has 0 amide bonds. The van der Waals surface area contributed by atoms with Crippen molar-refractivity contribution in [3.05, 3.63) is 30.1 Å². The predicted octanol–water partition coefficient (Wildman–Crippen LogP) is 7.48. The Labute approximate surface area is 197 Å². The van der Waals surface area contributed by atoms with Gasteiger partial charge in [-0.2, -0.15) is 0 Å². The maximum absolute atomic E-state index is 13.5. The van der Waals surface area contributed by atoms with E-state index in [9.17, 15) is 4.39 Å². The van der Waals surface area contributed by atoms with Gasteiger partial charge in [0.2, 0.25) is 0 Å². The summed E-state index contributed by atoms with van der Waals surface area (Å²) in [5.41, 5.74) is 0.680. The molecule has 1 N–H and O–H groups in total. The first-order valence-corrected chi connectivity index (χ1v) is 13.5. The molecule has 1 aromatic carbocycles. The molecule has 31 heavy (non-hydrogen) atoms. The van der Waals surface area contributed by atoms with E-state index in [0.29, 0.717) is 10.8 Å². The zero-order chi connectivity index (χ0) is 22.1. The minimum absolute atomic E-state index is 0.263. The molecule has 3 unspecified atom stereocenters. The molecule has 0 aromatic heterocycles. The lowest BCUT2D eigenvalue weighted by molar-refractivity contribution is 0.383. The summed E-state index contributed by atoms with van der Waals surface area (Å²) in [6.07, 6.45) is 13.7. The number of rotatable bonds is 6. The van der Waals surface area contributed by atoms with Crippen LogP contribution in [0, 0.1) is 17.7 Å². The molecule has 2 aliphatic rings. The van der Waals surface area contributed by atoms with Crippen LogP contribution in [-0.4, -0.2) is 33.5 Å². The first-order valence-electron chi connectivity index (χ1n) is 12.1. The van der Waals surface area contributed by atoms with Crippen molar-refractivity contribution in [1.82, 2.24) is 4.90 Å². The van der Waals surface area contributed by atoms with Gasteiger partial charge in [0.1, 0.15) is 5.82 Å². The van der Waals surface area contributed by atoms with Gasteiger partial charge in [-0.05, 0) is 62.0 Å². The van der Waals surface area contributed by atoms with Crippen molar-refractivity contribution >= 4 is 39.9 Å². The van der Waals surface area contributed by atoms with E-state index < -0.39 is 0 Å². The number of thiocarbonyl (C=S) groups is 1. The number of anilines is 1. The number of halogens is 1. The fraction of sp³-hybridized carbons (Fsp3) is 0.680. The lowest BCUT2D eigenvalue weighted by Crippen LogP contribution is -2.40. The van der Waals surface area contributed by atoms with E-state index in [2.05, 4.69) is 24.1 Å². The normalized spacial score (nSPS) is 26.4. The van der Waals surface area contributed by atoms with E-state index >= 15 is 0 Å². The number of nitrogens with one attached hydrogen (secondary N) is 1. The highest BCUT2D eigenvalue weighted by atomic mass is 32.2. The van der Waals surface area contributed by atoms with Gasteiger partial charge in [-0.25, -0.2) is 4.39 Å². The highest BCUT2D eigenvalue weighted by Gasteiger charge is 2.30. The number of nitrogens with zero attached hydrogens (tertiary/aromatic N) is 2. The van der Waals surface area contributed by atoms with Crippen molar-refractivity contribution in [1.29, 1.82) is 0 Å². The van der Waals surface area contributed by atoms with Gasteiger partial charge in [-0.3, -0.25) is 9.89 Å². The molecular formula is C25H38FN3S2. The molecule has 3 rings (SSSR count). The van der Waals surface area contributed by atoms with Crippen LogP contribution in [0.25, 0.3) is 0 Å². The molecule has 172 valence electrons. The Balaban J connectivity index is 1.48. The second-order valence-corrected chi connectivity index (χ2v) is 10.5. The van der Waals surface area contributed by atoms with Crippen molar-refractivity contribution in [2.24, 2.45) is 16.8 Å². The van der Waals surface area contributed by atoms with Gasteiger partial charge >= 0.3 is 0 Å². The second-order valence-electron chi connectivity index (χ2n) is 9.13. The summed E-state index contributed by atoms with van der Waals surface area (Å²) < 4.78 is 13.5. The first kappa shape index (κ1) is 24.5. The molecule has 1 aromatic rings. The summed E-state index contributed by atoms with van der Waals surface area (Å²) in [6.45, 7) is 5.38. The molecule has 1 aliphatic carbocycles. The van der Waals surface area contributed by atoms with Crippen LogP contribution in [0.5, 0.6) is 0 Å². The van der Waals surface area contributed by atoms with Gasteiger partial charge in [0.15, 0.2) is 10.3 Å². The van der Waals surface area contributed by atoms with Crippen LogP contribution >= 0.6 is 24.0 Å². The number of hydrogen-bond acceptors (Lipinski definition) is 3. The molecule has 0 bridgehead atoms. The van der Waals surface area contributed by atoms with Crippen LogP contribution in [-0.2, 0) is 0 Å². The number of amidine groups is 1. The summed E-state index contributed by atoms with van der Waals surface area (Å²) in [5.74, 6) is 2.55. The Morgan fingerprint density at radius 2 is 1.94 bits per heavy atom. The molecule has 2 fully saturated rings. The molecule has 6 heteroatoms. The highest BCUT2D eigenvalue weighted by Crippen LogP contribution is 2.30. The Hall–Kier alpha value is -1.14. The van der Waals surface area contributed by atoms with Crippen molar-refractivity contribution in [2.75, 3.05) is 17.6 Å². The number of thioether (sulfide) groups is 1. The highest BCUT2D eigenvalue weighted by molar-refractivity contribution is 8.14. The van der Waals surface area contributed by atoms with Gasteiger partial charge in [0.05, 0.1) is 0 Å². The van der Waals surface area contributed by atoms with Gasteiger partial charge < -0.3 is 5.32 Å². The SMILES string of the molecule is CCC1CCCCC(CCCN=C2SCC(C)N2C(=S)Nc2cccc(F)c2)CCC1. The monoisotopic (exact) mass is 463 g/mol. The lowest BCUT2D eigenvalue weighted by atomic mass is 9.91. The Morgan fingerprint density at radius 3 is 2.71 bits per heavy atom. The third-order valence-electron chi connectivity index (χ3n) is 6.69. The number of aliphatic imine (C=N–C) groups is 1. The Morgan fingerprint density at radius 1 is 1.19 bits per heavy atom. The zero-order valence-electron chi connectivity index (χ0n) is 19.1. The third-order valence-corrected chi connectivity index (χ3v) is 8.22. The molecule has 1 saturated carbocycles. The molecule has 3 nitrogen and oxygen atoms in total. The fourth-order valence-corrected chi connectivity index (χ4v) is 6.36. The average Bonchev–Trinajstić information content (AvgIpc) is 3.16. The quantitative estimate of drug-likeness (QED) is 0.349. The van der Waals surface area contributed by atoms with Gasteiger partial charge in [-0.1, -0.05) is 76.1 Å². The summed E-state index contributed by atoms with van der Waals surface area (Å²) >= 11 is 7.41. The van der Waals surface area contributed by atoms with E-state index in [1.807, 2.05) is 6.07 Å². The van der Waals surface area contributed by atoms with Crippen LogP contribution < -0.4 is 5.32 Å². The molecule has 1 saturated heterocycles. The van der Waals surface area contributed by atoms with E-state index in [-0.39, 0.29) is 11.9 Å². The molecule has 1 aliphatic heterocycles. The predicted molar refractivity (Wildman–Crippen MR) is 138 cm³/mol. The Kier molecular flexibility index (Phi) is 10.1. The minimum atomic E-state index is -0.263. The van der Waals surface area contributed by atoms with Crippen LogP contribution in [0.4, 0.5) is 10.1 Å². The fourth-order valence-electron chi connectivity index (χ4n) is 4.79. The number of hydrogen-bond donors (Lipinski definition) is 1. The lowest BCUT2D eigenvalue weighted by Gasteiger charge is -2.24. The van der Waals surface area contributed by atoms with E-state index in [4.69, 9.17) is 17.2 Å². The summed E-state index contributed by atoms with van der Waals surface area (Å²) in [6, 6.07) is 6.72. The third kappa shape index (κ3) is 7.74. The van der Waals surface area contributed by atoms with E-state index in [0.717, 1.165) is 35.7 Å². The van der Waals surface area contributed by atoms with Crippen molar-refractivity contribution in [3.8, 4) is 0 Å². The molecule has 3 atom stereocenters. The Bertz CT molecular complexity index is 739. The van der Waals surface area contributed by atoms with Gasteiger partial charge in [0, 0.05) is 24.0 Å². The second kappa shape index (κ2) is 12.8. The molecule has 0 radical (unpaired) electrons. The van der Waals surface area contributed by atoms with Crippen LogP contribution in [0.15, 0.2) is 29.3 Å². The maximum atomic E-state index is 13.5. The largest absolute Gasteiger partial charge is 0.332 e. The smallest absolute Gasteiger partial charge is 0.179 e. The van der Waals surface area contributed by atoms with E-state index in [1.165, 1.54) is 69.9 Å². The van der Waals surface area contributed by atoms with Gasteiger partial charge in [0.25, 0.3) is 0 Å². The summed E-state index contributed by atoms with van der Waals surface area (Å²) in [5, 5.41) is 4.78. The number of benzene rings is 1. The van der Waals surface area contributed by atoms with E-state index in [1.54, 1.807) is 17.8 Å². The summed E-state index contributed by atoms with van der Waals surface area (Å²) in [7, 11) is 0. The van der Waals surface area contributed by atoms with Crippen LogP contribution in [0.2, 0.25) is 0 Å². The first-order chi connectivity index (χ1) is 15.1. The van der Waals surface area contributed by atoms with Crippen LogP contribution in [0.1, 0.15) is 78.1 Å². The molecule has 0 spiro atoms.